The Balaban J connectivity index is 2.12. The quantitative estimate of drug-likeness (QED) is 0.253. The van der Waals surface area contributed by atoms with E-state index in [9.17, 15) is 20.4 Å². The Morgan fingerprint density at radius 3 is 1.68 bits per heavy atom. The summed E-state index contributed by atoms with van der Waals surface area (Å²) < 4.78 is 13.6. The lowest BCUT2D eigenvalue weighted by atomic mass is 9.88. The number of aliphatic hydroxyl groups excluding tert-OH is 3. The van der Waals surface area contributed by atoms with Crippen molar-refractivity contribution < 1.29 is 26.5 Å². The number of ether oxygens (including phenoxy) is 1. The predicted octanol–water partition coefficient (Wildman–Crippen LogP) is 2.99. The van der Waals surface area contributed by atoms with Crippen LogP contribution in [0.1, 0.15) is 105 Å². The van der Waals surface area contributed by atoms with E-state index in [1.165, 1.54) is 64.2 Å². The number of rotatable bonds is 16. The topological polar surface area (TPSA) is 116 Å². The molecule has 1 rings (SSSR count). The smallest absolute Gasteiger partial charge is 0.184 e. The van der Waals surface area contributed by atoms with Crippen molar-refractivity contribution >= 4 is 0 Å². The van der Waals surface area contributed by atoms with E-state index in [0.29, 0.717) is 6.42 Å². The number of unbranched alkanes of at least 4 members (excludes halogenated alkanes) is 12. The highest BCUT2D eigenvalue weighted by molar-refractivity contribution is 4.98. The molecule has 6 atom stereocenters. The van der Waals surface area contributed by atoms with Gasteiger partial charge in [0.25, 0.3) is 0 Å². The van der Waals surface area contributed by atoms with Crippen LogP contribution >= 0.6 is 0 Å². The first-order valence-electron chi connectivity index (χ1n) is 12.0. The molecule has 28 heavy (non-hydrogen) atoms. The van der Waals surface area contributed by atoms with Crippen molar-refractivity contribution in [1.82, 2.24) is 0 Å². The molecule has 0 aromatic carbocycles. The fourth-order valence-corrected chi connectivity index (χ4v) is 3.87. The summed E-state index contributed by atoms with van der Waals surface area (Å²) in [7, 11) is 0. The third kappa shape index (κ3) is 9.06. The lowest BCUT2D eigenvalue weighted by molar-refractivity contribution is -0.316. The van der Waals surface area contributed by atoms with Crippen LogP contribution in [0.15, 0.2) is 0 Å². The second-order valence-electron chi connectivity index (χ2n) is 8.33. The number of aliphatic hydroxyl groups is 4. The first-order valence-corrected chi connectivity index (χ1v) is 11.4. The van der Waals surface area contributed by atoms with Gasteiger partial charge in [0.1, 0.15) is 18.3 Å². The summed E-state index contributed by atoms with van der Waals surface area (Å²) in [5.74, 6) is -2.07. The molecule has 1 saturated heterocycles. The molecule has 0 aromatic heterocycles. The van der Waals surface area contributed by atoms with Gasteiger partial charge in [0, 0.05) is 7.77 Å². The minimum absolute atomic E-state index is 0.392. The molecule has 0 saturated carbocycles. The highest BCUT2D eigenvalue weighted by atomic mass is 16.6. The molecule has 1 aliphatic rings. The molecule has 2 unspecified atom stereocenters. The van der Waals surface area contributed by atoms with Gasteiger partial charge in [-0.2, -0.15) is 0 Å². The van der Waals surface area contributed by atoms with Gasteiger partial charge in [-0.3, -0.25) is 0 Å². The second kappa shape index (κ2) is 14.7. The van der Waals surface area contributed by atoms with Crippen molar-refractivity contribution in [2.75, 3.05) is 6.61 Å². The van der Waals surface area contributed by atoms with Crippen molar-refractivity contribution in [2.45, 2.75) is 133 Å². The van der Waals surface area contributed by atoms with Gasteiger partial charge in [0.2, 0.25) is 0 Å². The molecule has 0 spiro atoms. The van der Waals surface area contributed by atoms with E-state index in [4.69, 9.17) is 11.8 Å². The predicted molar refractivity (Wildman–Crippen MR) is 112 cm³/mol. The Hall–Kier alpha value is -0.240. The Morgan fingerprint density at radius 2 is 1.25 bits per heavy atom. The van der Waals surface area contributed by atoms with Gasteiger partial charge in [0.15, 0.2) is 5.79 Å². The maximum Gasteiger partial charge on any atom is 0.184 e. The summed E-state index contributed by atoms with van der Waals surface area (Å²) in [4.78, 5) is 0. The zero-order chi connectivity index (χ0) is 21.7. The van der Waals surface area contributed by atoms with Crippen LogP contribution in [0.5, 0.6) is 0 Å². The molecule has 6 N–H and O–H groups in total. The number of hydrogen-bond donors (Lipinski definition) is 5. The summed E-state index contributed by atoms with van der Waals surface area (Å²) in [5.41, 5.74) is 5.82. The summed E-state index contributed by atoms with van der Waals surface area (Å²) in [5, 5.41) is 39.8. The van der Waals surface area contributed by atoms with Gasteiger partial charge >= 0.3 is 0 Å². The third-order valence-electron chi connectivity index (χ3n) is 5.84. The maximum atomic E-state index is 10.7. The second-order valence-corrected chi connectivity index (χ2v) is 8.33. The largest absolute Gasteiger partial charge is 0.394 e. The summed E-state index contributed by atoms with van der Waals surface area (Å²) in [6, 6.07) is -1.29. The highest BCUT2D eigenvalue weighted by Crippen LogP contribution is 2.31. The Morgan fingerprint density at radius 1 is 0.821 bits per heavy atom. The van der Waals surface area contributed by atoms with Gasteiger partial charge in [-0.15, -0.1) is 0 Å². The van der Waals surface area contributed by atoms with E-state index in [2.05, 4.69) is 6.92 Å². The average molecular weight is 405 g/mol. The van der Waals surface area contributed by atoms with Gasteiger partial charge in [-0.1, -0.05) is 90.4 Å². The van der Waals surface area contributed by atoms with Crippen molar-refractivity contribution in [1.29, 1.82) is 0 Å². The lowest BCUT2D eigenvalue weighted by Crippen LogP contribution is -2.68. The van der Waals surface area contributed by atoms with Gasteiger partial charge < -0.3 is 30.9 Å². The molecule has 1 fully saturated rings. The molecule has 1 heterocycles. The number of nitrogens with two attached hydrogens (primary N) is 1. The van der Waals surface area contributed by atoms with Crippen LogP contribution in [0.2, 0.25) is 0 Å². The third-order valence-corrected chi connectivity index (χ3v) is 5.84. The summed E-state index contributed by atoms with van der Waals surface area (Å²) in [6.45, 7) is 1.69. The lowest BCUT2D eigenvalue weighted by Gasteiger charge is -2.46. The molecule has 0 bridgehead atoms. The minimum atomic E-state index is -2.07. The van der Waals surface area contributed by atoms with Gasteiger partial charge in [-0.05, 0) is 6.42 Å². The van der Waals surface area contributed by atoms with Crippen LogP contribution in [0, 0.1) is 0 Å². The van der Waals surface area contributed by atoms with Crippen molar-refractivity contribution in [3.05, 3.63) is 0 Å². The first kappa shape index (κ1) is 24.0. The molecular weight excluding hydrogens is 358 g/mol. The SMILES string of the molecule is [2H]C(CCCCCCCCCCCCCCC)C1(O)O[C@H](CO)[C@H](O)[C@H](O)[C@H]1N. The molecule has 0 radical (unpaired) electrons. The van der Waals surface area contributed by atoms with Crippen LogP contribution in [0.3, 0.4) is 0 Å². The molecular formula is C22H45NO5. The van der Waals surface area contributed by atoms with E-state index in [1.54, 1.807) is 0 Å². The van der Waals surface area contributed by atoms with Crippen molar-refractivity contribution in [3.63, 3.8) is 0 Å². The zero-order valence-electron chi connectivity index (χ0n) is 18.8. The zero-order valence-corrected chi connectivity index (χ0v) is 17.8. The Bertz CT molecular complexity index is 415. The van der Waals surface area contributed by atoms with Crippen LogP contribution in [-0.4, -0.2) is 57.2 Å². The molecule has 0 amide bonds. The summed E-state index contributed by atoms with van der Waals surface area (Å²) >= 11 is 0. The van der Waals surface area contributed by atoms with E-state index < -0.39 is 43.1 Å². The van der Waals surface area contributed by atoms with E-state index in [0.717, 1.165) is 19.3 Å². The fraction of sp³-hybridized carbons (Fsp3) is 1.00. The van der Waals surface area contributed by atoms with Crippen molar-refractivity contribution in [2.24, 2.45) is 5.73 Å². The summed E-state index contributed by atoms with van der Waals surface area (Å²) in [6.07, 6.45) is 11.4. The van der Waals surface area contributed by atoms with E-state index >= 15 is 0 Å². The molecule has 6 nitrogen and oxygen atoms in total. The number of hydrogen-bond acceptors (Lipinski definition) is 6. The van der Waals surface area contributed by atoms with Crippen LogP contribution in [-0.2, 0) is 4.74 Å². The van der Waals surface area contributed by atoms with Gasteiger partial charge in [0.05, 0.1) is 12.6 Å². The normalized spacial score (nSPS) is 32.3. The molecule has 168 valence electrons. The monoisotopic (exact) mass is 404 g/mol. The average Bonchev–Trinajstić information content (AvgIpc) is 2.72. The van der Waals surface area contributed by atoms with Crippen LogP contribution in [0.4, 0.5) is 0 Å². The molecule has 0 aromatic rings. The van der Waals surface area contributed by atoms with Crippen LogP contribution in [0.25, 0.3) is 0 Å². The first-order chi connectivity index (χ1) is 13.9. The fourth-order valence-electron chi connectivity index (χ4n) is 3.87. The standard InChI is InChI=1S/C22H45NO5/c1-2-3-4-5-6-7-8-9-10-11-12-13-14-15-16-22(27)21(23)20(26)19(25)18(17-24)28-22/h18-21,24-27H,2-17,23H2,1H3/t18-,19+,20+,21-,22?/m1/s1/i16D/t16?,18-,19+,20+,21-,22?. The molecule has 0 aliphatic carbocycles. The molecule has 1 aliphatic heterocycles. The minimum Gasteiger partial charge on any atom is -0.394 e. The Labute approximate surface area is 172 Å². The Kier molecular flexibility index (Phi) is 12.6. The van der Waals surface area contributed by atoms with Gasteiger partial charge in [-0.25, -0.2) is 0 Å². The van der Waals surface area contributed by atoms with E-state index in [1.807, 2.05) is 0 Å². The van der Waals surface area contributed by atoms with Crippen LogP contribution < -0.4 is 5.73 Å². The maximum absolute atomic E-state index is 10.7. The highest BCUT2D eigenvalue weighted by Gasteiger charge is 2.50. The molecule has 6 heteroatoms. The van der Waals surface area contributed by atoms with E-state index in [-0.39, 0.29) is 0 Å². The van der Waals surface area contributed by atoms with Crippen molar-refractivity contribution in [3.8, 4) is 0 Å².